The topological polar surface area (TPSA) is 126 Å². The van der Waals surface area contributed by atoms with Crippen LogP contribution in [0.25, 0.3) is 43.5 Å². The number of nitrogens with zero attached hydrogens (tertiary/aromatic N) is 3. The Bertz CT molecular complexity index is 4010. The van der Waals surface area contributed by atoms with Crippen molar-refractivity contribution in [3.8, 4) is 11.5 Å². The third kappa shape index (κ3) is 26.2. The third-order valence-electron chi connectivity index (χ3n) is 15.6. The molecule has 0 atom stereocenters. The molecule has 8 nitrogen and oxygen atoms in total. The zero-order valence-corrected chi connectivity index (χ0v) is 59.5. The Hall–Kier alpha value is -8.39. The van der Waals surface area contributed by atoms with E-state index < -0.39 is 17.2 Å². The number of aromatic amines is 3. The fraction of sp³-hybridized carbons (Fsp3) is 0.437. The van der Waals surface area contributed by atoms with Crippen molar-refractivity contribution in [1.29, 1.82) is 0 Å². The summed E-state index contributed by atoms with van der Waals surface area (Å²) in [5.41, 5.74) is 10.6. The van der Waals surface area contributed by atoms with E-state index in [1.807, 2.05) is 117 Å². The van der Waals surface area contributed by atoms with Gasteiger partial charge in [0.25, 0.3) is 0 Å². The largest absolute Gasteiger partial charge is 0.508 e. The molecule has 0 spiro atoms. The van der Waals surface area contributed by atoms with Gasteiger partial charge in [-0.05, 0) is 156 Å². The van der Waals surface area contributed by atoms with Gasteiger partial charge in [0, 0.05) is 27.3 Å². The molecule has 11 aromatic rings. The molecule has 0 bridgehead atoms. The molecule has 560 valence electrons. The number of phenols is 2. The lowest BCUT2D eigenvalue weighted by Crippen LogP contribution is -2.19. The number of rotatable bonds is 0. The minimum atomic E-state index is -4.26. The Morgan fingerprint density at radius 1 is 0.317 bits per heavy atom. The zero-order valence-electron chi connectivity index (χ0n) is 59.5. The van der Waals surface area contributed by atoms with Crippen molar-refractivity contribution in [3.05, 3.63) is 231 Å². The molecule has 0 amide bonds. The van der Waals surface area contributed by atoms with E-state index in [0.717, 1.165) is 33.4 Å². The maximum absolute atomic E-state index is 13.6. The Kier molecular flexibility index (Phi) is 36.5. The SMILES string of the molecule is C.C.C.C.C.C.C.CC(C)(C)c1c(F)ccc2cn[nH]c12.CC(C)(C)c1c(O)cccc1F.CC(C)(C)c1cc(O)cc2ccccc12.CC(C)(C)c1ccccc1C(F)(F)F.CC(C)(C)c1ccccc1F.Cc1ccc2[nH]ncc2c1C(C)(C)C.Cc1ccc2cn[nH]c2c1C(C)(C)C. The molecule has 0 aliphatic heterocycles. The van der Waals surface area contributed by atoms with Gasteiger partial charge in [-0.25, -0.2) is 13.2 Å². The standard InChI is InChI=1S/C14H16O.2C12H16N2.C11H13F3.C11H13FN2.C10H13FO.C10H13F.7CH4/c1-14(2,3)13-9-11(15)8-10-6-4-5-7-12(10)13;1-8-5-6-10-9(7-13-14-10)11(8)12(2,3)4;1-8-5-6-9-7-13-14-11(9)10(8)12(2,3)4;1-10(2,3)8-6-4-5-7-9(8)11(12,13)14;1-11(2,3)9-8(12)5-4-7-6-13-14-10(7)9;1-10(2,3)9-7(11)5-4-6-8(9)12;1-10(2,3)8-6-4-5-7-9(8)11;;;;;;;/h4-9,15H,1-3H3;2*5-7H,1-4H3,(H,13,14);4-7H,1-3H3;4-6H,1-3H3,(H,13,14);4-6,12H,1-3H3;4-7H,1-3H3;7*1H4. The van der Waals surface area contributed by atoms with E-state index >= 15 is 0 Å². The summed E-state index contributed by atoms with van der Waals surface area (Å²) in [5, 5.41) is 45.8. The number of fused-ring (bicyclic) bond motifs is 4. The fourth-order valence-corrected chi connectivity index (χ4v) is 11.6. The molecule has 0 radical (unpaired) electrons. The van der Waals surface area contributed by atoms with Crippen molar-refractivity contribution in [1.82, 2.24) is 30.6 Å². The maximum Gasteiger partial charge on any atom is 0.416 e. The van der Waals surface area contributed by atoms with E-state index in [-0.39, 0.29) is 108 Å². The molecular formula is C87H128F6N6O2. The molecule has 0 unspecified atom stereocenters. The molecule has 3 heterocycles. The lowest BCUT2D eigenvalue weighted by atomic mass is 9.82. The summed E-state index contributed by atoms with van der Waals surface area (Å²) in [6.45, 7) is 47.1. The summed E-state index contributed by atoms with van der Waals surface area (Å²) in [4.78, 5) is 0. The summed E-state index contributed by atoms with van der Waals surface area (Å²) in [6.07, 6.45) is 1.25. The average Bonchev–Trinajstić information content (AvgIpc) is 1.78. The van der Waals surface area contributed by atoms with Gasteiger partial charge >= 0.3 is 6.18 Å². The Labute approximate surface area is 605 Å². The monoisotopic (exact) mass is 1400 g/mol. The molecule has 0 saturated carbocycles. The fourth-order valence-electron chi connectivity index (χ4n) is 11.6. The summed E-state index contributed by atoms with van der Waals surface area (Å²) in [6, 6.07) is 40.6. The van der Waals surface area contributed by atoms with Crippen LogP contribution in [0.3, 0.4) is 0 Å². The van der Waals surface area contributed by atoms with E-state index in [1.165, 1.54) is 92.0 Å². The van der Waals surface area contributed by atoms with Crippen LogP contribution in [0.15, 0.2) is 158 Å². The third-order valence-corrected chi connectivity index (χ3v) is 15.6. The Balaban J connectivity index is -0.00000110. The number of benzene rings is 8. The number of aryl methyl sites for hydroxylation is 2. The average molecular weight is 1400 g/mol. The molecule has 0 saturated heterocycles. The maximum atomic E-state index is 13.6. The van der Waals surface area contributed by atoms with Gasteiger partial charge in [-0.1, -0.05) is 282 Å². The molecule has 0 aliphatic rings. The van der Waals surface area contributed by atoms with Gasteiger partial charge in [-0.2, -0.15) is 28.5 Å². The molecule has 5 N–H and O–H groups in total. The van der Waals surface area contributed by atoms with Gasteiger partial charge in [-0.15, -0.1) is 0 Å². The van der Waals surface area contributed by atoms with Crippen LogP contribution in [-0.4, -0.2) is 40.8 Å². The van der Waals surface area contributed by atoms with Crippen molar-refractivity contribution < 1.29 is 36.6 Å². The molecule has 14 heteroatoms. The molecule has 101 heavy (non-hydrogen) atoms. The molecule has 8 aromatic carbocycles. The minimum absolute atomic E-state index is 0. The number of aromatic hydroxyl groups is 2. The van der Waals surface area contributed by atoms with Crippen LogP contribution in [0.4, 0.5) is 26.3 Å². The minimum Gasteiger partial charge on any atom is -0.508 e. The van der Waals surface area contributed by atoms with Gasteiger partial charge in [0.1, 0.15) is 29.0 Å². The number of phenolic OH excluding ortho intramolecular Hbond substituents is 2. The van der Waals surface area contributed by atoms with Crippen LogP contribution >= 0.6 is 0 Å². The first-order chi connectivity index (χ1) is 43.1. The van der Waals surface area contributed by atoms with Crippen LogP contribution in [-0.2, 0) is 44.1 Å². The number of alkyl halides is 3. The van der Waals surface area contributed by atoms with E-state index in [4.69, 9.17) is 0 Å². The highest BCUT2D eigenvalue weighted by Gasteiger charge is 2.36. The van der Waals surface area contributed by atoms with Crippen molar-refractivity contribution in [3.63, 3.8) is 0 Å². The normalized spacial score (nSPS) is 11.3. The van der Waals surface area contributed by atoms with Gasteiger partial charge in [0.15, 0.2) is 0 Å². The predicted octanol–water partition coefficient (Wildman–Crippen LogP) is 27.6. The zero-order chi connectivity index (χ0) is 70.9. The molecule has 0 aliphatic carbocycles. The highest BCUT2D eigenvalue weighted by molar-refractivity contribution is 5.88. The predicted molar refractivity (Wildman–Crippen MR) is 427 cm³/mol. The lowest BCUT2D eigenvalue weighted by Gasteiger charge is -2.23. The van der Waals surface area contributed by atoms with E-state index in [2.05, 4.69) is 137 Å². The smallest absolute Gasteiger partial charge is 0.416 e. The van der Waals surface area contributed by atoms with Crippen molar-refractivity contribution in [2.45, 2.75) is 255 Å². The first-order valence-corrected chi connectivity index (χ1v) is 31.8. The first-order valence-electron chi connectivity index (χ1n) is 31.8. The highest BCUT2D eigenvalue weighted by Crippen LogP contribution is 2.39. The number of halogens is 6. The second-order valence-electron chi connectivity index (χ2n) is 31.1. The highest BCUT2D eigenvalue weighted by atomic mass is 19.4. The summed E-state index contributed by atoms with van der Waals surface area (Å²) < 4.78 is 77.7. The van der Waals surface area contributed by atoms with Gasteiger partial charge in [0.2, 0.25) is 0 Å². The number of aromatic nitrogens is 6. The summed E-state index contributed by atoms with van der Waals surface area (Å²) in [5.74, 6) is -0.252. The summed E-state index contributed by atoms with van der Waals surface area (Å²) >= 11 is 0. The summed E-state index contributed by atoms with van der Waals surface area (Å²) in [7, 11) is 0. The molecule has 0 fully saturated rings. The Morgan fingerprint density at radius 3 is 1.15 bits per heavy atom. The van der Waals surface area contributed by atoms with Gasteiger partial charge in [0.05, 0.1) is 40.7 Å². The second kappa shape index (κ2) is 38.0. The Morgan fingerprint density at radius 2 is 0.713 bits per heavy atom. The van der Waals surface area contributed by atoms with Crippen LogP contribution in [0, 0.1) is 31.3 Å². The van der Waals surface area contributed by atoms with Crippen LogP contribution in [0.5, 0.6) is 11.5 Å². The lowest BCUT2D eigenvalue weighted by molar-refractivity contribution is -0.138. The number of hydrogen-bond acceptors (Lipinski definition) is 5. The molecular weight excluding hydrogens is 1270 g/mol. The number of hydrogen-bond donors (Lipinski definition) is 5. The first kappa shape index (κ1) is 96.8. The van der Waals surface area contributed by atoms with E-state index in [1.54, 1.807) is 45.2 Å². The second-order valence-corrected chi connectivity index (χ2v) is 31.1. The molecule has 3 aromatic heterocycles. The van der Waals surface area contributed by atoms with Gasteiger partial charge < -0.3 is 10.2 Å². The number of nitrogens with one attached hydrogen (secondary N) is 3. The van der Waals surface area contributed by atoms with E-state index in [9.17, 15) is 36.6 Å². The van der Waals surface area contributed by atoms with Crippen LogP contribution < -0.4 is 0 Å². The number of H-pyrrole nitrogens is 3. The molecule has 11 rings (SSSR count). The quantitative estimate of drug-likeness (QED) is 0.0967. The van der Waals surface area contributed by atoms with Gasteiger partial charge in [-0.3, -0.25) is 15.3 Å². The van der Waals surface area contributed by atoms with Crippen LogP contribution in [0.2, 0.25) is 0 Å². The van der Waals surface area contributed by atoms with E-state index in [0.29, 0.717) is 22.4 Å². The van der Waals surface area contributed by atoms with Crippen molar-refractivity contribution in [2.75, 3.05) is 0 Å². The van der Waals surface area contributed by atoms with Crippen molar-refractivity contribution in [2.24, 2.45) is 0 Å². The van der Waals surface area contributed by atoms with Crippen molar-refractivity contribution >= 4 is 43.5 Å². The van der Waals surface area contributed by atoms with Crippen LogP contribution in [0.1, 0.15) is 253 Å².